The first-order valence-electron chi connectivity index (χ1n) is 7.35. The van der Waals surface area contributed by atoms with Crippen molar-refractivity contribution in [2.45, 2.75) is 12.8 Å². The monoisotopic (exact) mass is 273 g/mol. The van der Waals surface area contributed by atoms with Gasteiger partial charge in [-0.1, -0.05) is 60.7 Å². The molecule has 0 saturated heterocycles. The Morgan fingerprint density at radius 2 is 0.952 bits per heavy atom. The minimum atomic E-state index is 1.08. The summed E-state index contributed by atoms with van der Waals surface area (Å²) in [5.41, 5.74) is 5.01. The van der Waals surface area contributed by atoms with Crippen LogP contribution in [0, 0.1) is 0 Å². The first kappa shape index (κ1) is 13.4. The van der Waals surface area contributed by atoms with Gasteiger partial charge >= 0.3 is 0 Å². The van der Waals surface area contributed by atoms with Gasteiger partial charge in [-0.3, -0.25) is 0 Å². The molecular formula is C20H19N. The number of aryl methyl sites for hydroxylation is 2. The van der Waals surface area contributed by atoms with Crippen LogP contribution in [0.25, 0.3) is 0 Å². The van der Waals surface area contributed by atoms with Crippen LogP contribution in [0.2, 0.25) is 0 Å². The van der Waals surface area contributed by atoms with Crippen molar-refractivity contribution >= 4 is 11.4 Å². The van der Waals surface area contributed by atoms with Crippen LogP contribution in [0.15, 0.2) is 84.9 Å². The van der Waals surface area contributed by atoms with Gasteiger partial charge in [0.2, 0.25) is 0 Å². The molecule has 0 bridgehead atoms. The molecule has 0 saturated carbocycles. The van der Waals surface area contributed by atoms with Crippen LogP contribution < -0.4 is 5.32 Å². The lowest BCUT2D eigenvalue weighted by Gasteiger charge is -2.07. The van der Waals surface area contributed by atoms with Crippen LogP contribution in [-0.2, 0) is 12.8 Å². The van der Waals surface area contributed by atoms with Crippen LogP contribution >= 0.6 is 0 Å². The fourth-order valence-electron chi connectivity index (χ4n) is 2.38. The van der Waals surface area contributed by atoms with E-state index >= 15 is 0 Å². The van der Waals surface area contributed by atoms with E-state index in [4.69, 9.17) is 0 Å². The lowest BCUT2D eigenvalue weighted by molar-refractivity contribution is 0.960. The number of anilines is 2. The number of benzene rings is 3. The predicted molar refractivity (Wildman–Crippen MR) is 90.0 cm³/mol. The summed E-state index contributed by atoms with van der Waals surface area (Å²) in [6, 6.07) is 29.6. The van der Waals surface area contributed by atoms with Crippen LogP contribution in [0.1, 0.15) is 11.1 Å². The third kappa shape index (κ3) is 3.96. The van der Waals surface area contributed by atoms with E-state index in [9.17, 15) is 0 Å². The van der Waals surface area contributed by atoms with E-state index in [0.29, 0.717) is 0 Å². The minimum Gasteiger partial charge on any atom is -0.356 e. The van der Waals surface area contributed by atoms with Crippen LogP contribution in [0.4, 0.5) is 11.4 Å². The second-order valence-corrected chi connectivity index (χ2v) is 5.17. The Hall–Kier alpha value is -2.54. The van der Waals surface area contributed by atoms with Gasteiger partial charge in [0.15, 0.2) is 0 Å². The molecule has 104 valence electrons. The molecule has 0 fully saturated rings. The van der Waals surface area contributed by atoms with Crippen molar-refractivity contribution in [2.24, 2.45) is 0 Å². The highest BCUT2D eigenvalue weighted by Crippen LogP contribution is 2.17. The van der Waals surface area contributed by atoms with Crippen molar-refractivity contribution in [1.82, 2.24) is 0 Å². The normalized spacial score (nSPS) is 10.3. The van der Waals surface area contributed by atoms with Gasteiger partial charge in [0.05, 0.1) is 0 Å². The molecule has 1 heteroatoms. The van der Waals surface area contributed by atoms with Gasteiger partial charge in [0, 0.05) is 11.4 Å². The Morgan fingerprint density at radius 3 is 1.57 bits per heavy atom. The van der Waals surface area contributed by atoms with Crippen LogP contribution in [-0.4, -0.2) is 0 Å². The highest BCUT2D eigenvalue weighted by Gasteiger charge is 1.97. The lowest BCUT2D eigenvalue weighted by atomic mass is 10.0. The summed E-state index contributed by atoms with van der Waals surface area (Å²) in [4.78, 5) is 0. The zero-order valence-electron chi connectivity index (χ0n) is 12.0. The fraction of sp³-hybridized carbons (Fsp3) is 0.100. The average molecular weight is 273 g/mol. The summed E-state index contributed by atoms with van der Waals surface area (Å²) >= 11 is 0. The number of nitrogens with one attached hydrogen (secondary N) is 1. The molecule has 0 aliphatic heterocycles. The Morgan fingerprint density at radius 1 is 0.476 bits per heavy atom. The molecule has 1 nitrogen and oxygen atoms in total. The maximum atomic E-state index is 3.40. The van der Waals surface area contributed by atoms with Gasteiger partial charge in [-0.15, -0.1) is 0 Å². The molecule has 0 aliphatic rings. The summed E-state index contributed by atoms with van der Waals surface area (Å²) in [6.45, 7) is 0. The summed E-state index contributed by atoms with van der Waals surface area (Å²) in [6.07, 6.45) is 2.17. The third-order valence-electron chi connectivity index (χ3n) is 3.56. The molecule has 3 rings (SSSR count). The molecule has 0 atom stereocenters. The predicted octanol–water partition coefficient (Wildman–Crippen LogP) is 5.22. The molecule has 0 heterocycles. The smallest absolute Gasteiger partial charge is 0.0384 e. The second kappa shape index (κ2) is 6.76. The summed E-state index contributed by atoms with van der Waals surface area (Å²) in [5.74, 6) is 0. The number of hydrogen-bond donors (Lipinski definition) is 1. The minimum absolute atomic E-state index is 1.08. The van der Waals surface area contributed by atoms with E-state index < -0.39 is 0 Å². The first-order valence-corrected chi connectivity index (χ1v) is 7.35. The zero-order valence-corrected chi connectivity index (χ0v) is 12.0. The molecule has 1 N–H and O–H groups in total. The van der Waals surface area contributed by atoms with E-state index in [1.807, 2.05) is 18.2 Å². The van der Waals surface area contributed by atoms with Gasteiger partial charge in [0.25, 0.3) is 0 Å². The standard InChI is InChI=1S/C20H19N/c1-3-7-17(8-4-1)11-12-18-13-15-20(16-14-18)21-19-9-5-2-6-10-19/h1-10,13-16,21H,11-12H2. The quantitative estimate of drug-likeness (QED) is 0.672. The van der Waals surface area contributed by atoms with E-state index in [2.05, 4.69) is 72.0 Å². The molecule has 0 unspecified atom stereocenters. The first-order chi connectivity index (χ1) is 10.4. The van der Waals surface area contributed by atoms with E-state index in [0.717, 1.165) is 24.2 Å². The van der Waals surface area contributed by atoms with Crippen molar-refractivity contribution in [3.8, 4) is 0 Å². The Kier molecular flexibility index (Phi) is 4.33. The molecule has 21 heavy (non-hydrogen) atoms. The number of rotatable bonds is 5. The summed E-state index contributed by atoms with van der Waals surface area (Å²) in [7, 11) is 0. The number of para-hydroxylation sites is 1. The molecule has 0 aromatic heterocycles. The topological polar surface area (TPSA) is 12.0 Å². The van der Waals surface area contributed by atoms with Crippen molar-refractivity contribution in [1.29, 1.82) is 0 Å². The highest BCUT2D eigenvalue weighted by molar-refractivity contribution is 5.59. The fourth-order valence-corrected chi connectivity index (χ4v) is 2.38. The van der Waals surface area contributed by atoms with Crippen molar-refractivity contribution in [2.75, 3.05) is 5.32 Å². The molecular weight excluding hydrogens is 254 g/mol. The maximum Gasteiger partial charge on any atom is 0.0384 e. The zero-order chi connectivity index (χ0) is 14.3. The van der Waals surface area contributed by atoms with Gasteiger partial charge in [-0.05, 0) is 48.2 Å². The largest absolute Gasteiger partial charge is 0.356 e. The van der Waals surface area contributed by atoms with E-state index in [-0.39, 0.29) is 0 Å². The Balaban J connectivity index is 1.59. The van der Waals surface area contributed by atoms with Gasteiger partial charge in [0.1, 0.15) is 0 Å². The summed E-state index contributed by atoms with van der Waals surface area (Å²) < 4.78 is 0. The maximum absolute atomic E-state index is 3.40. The average Bonchev–Trinajstić information content (AvgIpc) is 2.56. The Bertz CT molecular complexity index is 657. The number of hydrogen-bond acceptors (Lipinski definition) is 1. The second-order valence-electron chi connectivity index (χ2n) is 5.17. The van der Waals surface area contributed by atoms with E-state index in [1.54, 1.807) is 0 Å². The highest BCUT2D eigenvalue weighted by atomic mass is 14.9. The van der Waals surface area contributed by atoms with Gasteiger partial charge in [-0.2, -0.15) is 0 Å². The van der Waals surface area contributed by atoms with E-state index in [1.165, 1.54) is 11.1 Å². The van der Waals surface area contributed by atoms with Crippen LogP contribution in [0.5, 0.6) is 0 Å². The van der Waals surface area contributed by atoms with Crippen LogP contribution in [0.3, 0.4) is 0 Å². The van der Waals surface area contributed by atoms with Gasteiger partial charge in [-0.25, -0.2) is 0 Å². The van der Waals surface area contributed by atoms with Gasteiger partial charge < -0.3 is 5.32 Å². The molecule has 0 radical (unpaired) electrons. The molecule has 0 aliphatic carbocycles. The Labute approximate surface area is 126 Å². The molecule has 0 spiro atoms. The third-order valence-corrected chi connectivity index (χ3v) is 3.56. The SMILES string of the molecule is c1ccc(CCc2ccc(Nc3ccccc3)cc2)cc1. The summed E-state index contributed by atoms with van der Waals surface area (Å²) in [5, 5.41) is 3.40. The van der Waals surface area contributed by atoms with Crippen molar-refractivity contribution in [3.63, 3.8) is 0 Å². The molecule has 0 amide bonds. The van der Waals surface area contributed by atoms with Crippen molar-refractivity contribution < 1.29 is 0 Å². The lowest BCUT2D eigenvalue weighted by Crippen LogP contribution is -1.93. The van der Waals surface area contributed by atoms with Crippen molar-refractivity contribution in [3.05, 3.63) is 96.1 Å². The molecule has 3 aromatic rings. The molecule has 3 aromatic carbocycles.